The fraction of sp³-hybridized carbons (Fsp3) is 0.692. The Kier molecular flexibility index (Phi) is 3.61. The highest BCUT2D eigenvalue weighted by molar-refractivity contribution is 5.02. The molecular weight excluding hydrogens is 198 g/mol. The molecule has 1 aliphatic carbocycles. The first-order chi connectivity index (χ1) is 7.81. The lowest BCUT2D eigenvalue weighted by Crippen LogP contribution is -2.22. The monoisotopic (exact) mass is 217 g/mol. The highest BCUT2D eigenvalue weighted by atomic mass is 15.3. The molecule has 0 aromatic carbocycles. The average molecular weight is 217 g/mol. The van der Waals surface area contributed by atoms with Gasteiger partial charge in [0, 0.05) is 6.20 Å². The molecule has 3 nitrogen and oxygen atoms in total. The molecule has 86 valence electrons. The van der Waals surface area contributed by atoms with Crippen molar-refractivity contribution in [2.75, 3.05) is 0 Å². The largest absolute Gasteiger partial charge is 0.268 e. The summed E-state index contributed by atoms with van der Waals surface area (Å²) in [5, 5.41) is 13.3. The molecule has 2 rings (SSSR count). The molecule has 1 aromatic heterocycles. The highest BCUT2D eigenvalue weighted by Crippen LogP contribution is 2.34. The van der Waals surface area contributed by atoms with Gasteiger partial charge in [0.05, 0.1) is 24.7 Å². The molecule has 3 heteroatoms. The predicted molar refractivity (Wildman–Crippen MR) is 62.8 cm³/mol. The number of hydrogen-bond acceptors (Lipinski definition) is 2. The molecule has 0 unspecified atom stereocenters. The lowest BCUT2D eigenvalue weighted by atomic mass is 9.83. The van der Waals surface area contributed by atoms with E-state index in [4.69, 9.17) is 5.26 Å². The van der Waals surface area contributed by atoms with Crippen LogP contribution in [0.4, 0.5) is 0 Å². The van der Waals surface area contributed by atoms with Crippen molar-refractivity contribution in [3.8, 4) is 6.07 Å². The molecule has 1 aliphatic rings. The molecule has 16 heavy (non-hydrogen) atoms. The van der Waals surface area contributed by atoms with Crippen molar-refractivity contribution in [1.82, 2.24) is 9.78 Å². The van der Waals surface area contributed by atoms with Crippen molar-refractivity contribution >= 4 is 0 Å². The third kappa shape index (κ3) is 2.44. The summed E-state index contributed by atoms with van der Waals surface area (Å²) < 4.78 is 2.01. The van der Waals surface area contributed by atoms with Gasteiger partial charge in [-0.2, -0.15) is 10.4 Å². The zero-order valence-corrected chi connectivity index (χ0v) is 9.89. The Bertz CT molecular complexity index is 369. The minimum atomic E-state index is 0.291. The minimum absolute atomic E-state index is 0.291. The Morgan fingerprint density at radius 1 is 1.50 bits per heavy atom. The van der Waals surface area contributed by atoms with Crippen LogP contribution in [0, 0.1) is 24.2 Å². The van der Waals surface area contributed by atoms with Crippen LogP contribution in [0.3, 0.4) is 0 Å². The third-order valence-corrected chi connectivity index (χ3v) is 3.56. The summed E-state index contributed by atoms with van der Waals surface area (Å²) in [6, 6.07) is 2.60. The quantitative estimate of drug-likeness (QED) is 0.780. The summed E-state index contributed by atoms with van der Waals surface area (Å²) >= 11 is 0. The van der Waals surface area contributed by atoms with Crippen molar-refractivity contribution in [2.45, 2.75) is 51.5 Å². The maximum atomic E-state index is 8.94. The van der Waals surface area contributed by atoms with Crippen LogP contribution in [-0.2, 0) is 0 Å². The zero-order valence-electron chi connectivity index (χ0n) is 9.89. The SMILES string of the molecule is Cc1cnn([C@H](CC#N)C2CCCCC2)c1. The lowest BCUT2D eigenvalue weighted by molar-refractivity contribution is 0.237. The van der Waals surface area contributed by atoms with Gasteiger partial charge in [0.1, 0.15) is 0 Å². The molecule has 1 aromatic rings. The van der Waals surface area contributed by atoms with Crippen LogP contribution in [0.5, 0.6) is 0 Å². The number of nitrogens with zero attached hydrogens (tertiary/aromatic N) is 3. The topological polar surface area (TPSA) is 41.6 Å². The van der Waals surface area contributed by atoms with Gasteiger partial charge in [0.25, 0.3) is 0 Å². The van der Waals surface area contributed by atoms with E-state index in [1.165, 1.54) is 37.7 Å². The van der Waals surface area contributed by atoms with E-state index in [1.807, 2.05) is 17.8 Å². The van der Waals surface area contributed by atoms with E-state index in [0.717, 1.165) is 0 Å². The molecule has 0 N–H and O–H groups in total. The summed E-state index contributed by atoms with van der Waals surface area (Å²) in [7, 11) is 0. The minimum Gasteiger partial charge on any atom is -0.268 e. The Labute approximate surface area is 97.1 Å². The van der Waals surface area contributed by atoms with Gasteiger partial charge in [-0.1, -0.05) is 19.3 Å². The molecule has 1 heterocycles. The number of aromatic nitrogens is 2. The molecule has 1 atom stereocenters. The lowest BCUT2D eigenvalue weighted by Gasteiger charge is -2.28. The Morgan fingerprint density at radius 2 is 2.25 bits per heavy atom. The van der Waals surface area contributed by atoms with Crippen molar-refractivity contribution in [3.05, 3.63) is 18.0 Å². The molecule has 0 aliphatic heterocycles. The van der Waals surface area contributed by atoms with Gasteiger partial charge in [-0.15, -0.1) is 0 Å². The van der Waals surface area contributed by atoms with E-state index in [2.05, 4.69) is 17.4 Å². The molecule has 0 radical (unpaired) electrons. The molecule has 0 amide bonds. The van der Waals surface area contributed by atoms with Gasteiger partial charge in [-0.3, -0.25) is 4.68 Å². The number of aryl methyl sites for hydroxylation is 1. The Hall–Kier alpha value is -1.30. The fourth-order valence-corrected chi connectivity index (χ4v) is 2.70. The first-order valence-electron chi connectivity index (χ1n) is 6.19. The van der Waals surface area contributed by atoms with Gasteiger partial charge >= 0.3 is 0 Å². The highest BCUT2D eigenvalue weighted by Gasteiger charge is 2.25. The molecule has 1 fully saturated rings. The first-order valence-corrected chi connectivity index (χ1v) is 6.19. The average Bonchev–Trinajstić information content (AvgIpc) is 2.74. The summed E-state index contributed by atoms with van der Waals surface area (Å²) in [5.74, 6) is 0.646. The standard InChI is InChI=1S/C13H19N3/c1-11-9-15-16(10-11)13(7-8-14)12-5-3-2-4-6-12/h9-10,12-13H,2-7H2,1H3/t13-/m1/s1. The van der Waals surface area contributed by atoms with Crippen molar-refractivity contribution in [1.29, 1.82) is 5.26 Å². The Balaban J connectivity index is 2.13. The van der Waals surface area contributed by atoms with Gasteiger partial charge in [-0.25, -0.2) is 0 Å². The molecule has 0 spiro atoms. The summed E-state index contributed by atoms with van der Waals surface area (Å²) in [5.41, 5.74) is 1.18. The normalized spacial score (nSPS) is 19.2. The second-order valence-corrected chi connectivity index (χ2v) is 4.83. The molecule has 0 saturated heterocycles. The van der Waals surface area contributed by atoms with E-state index < -0.39 is 0 Å². The van der Waals surface area contributed by atoms with Crippen LogP contribution >= 0.6 is 0 Å². The van der Waals surface area contributed by atoms with E-state index in [9.17, 15) is 0 Å². The third-order valence-electron chi connectivity index (χ3n) is 3.56. The van der Waals surface area contributed by atoms with Crippen LogP contribution in [0.2, 0.25) is 0 Å². The summed E-state index contributed by atoms with van der Waals surface area (Å²) in [6.45, 7) is 2.05. The first kappa shape index (κ1) is 11.2. The van der Waals surface area contributed by atoms with E-state index in [0.29, 0.717) is 18.4 Å². The Morgan fingerprint density at radius 3 is 2.81 bits per heavy atom. The smallest absolute Gasteiger partial charge is 0.0677 e. The van der Waals surface area contributed by atoms with Crippen LogP contribution < -0.4 is 0 Å². The zero-order chi connectivity index (χ0) is 11.4. The van der Waals surface area contributed by atoms with Crippen molar-refractivity contribution < 1.29 is 0 Å². The number of nitriles is 1. The van der Waals surface area contributed by atoms with Crippen molar-refractivity contribution in [2.24, 2.45) is 5.92 Å². The second kappa shape index (κ2) is 5.16. The van der Waals surface area contributed by atoms with E-state index >= 15 is 0 Å². The van der Waals surface area contributed by atoms with Crippen molar-refractivity contribution in [3.63, 3.8) is 0 Å². The van der Waals surface area contributed by atoms with Crippen LogP contribution in [0.1, 0.15) is 50.1 Å². The van der Waals surface area contributed by atoms with Gasteiger partial charge in [-0.05, 0) is 31.2 Å². The van der Waals surface area contributed by atoms with Gasteiger partial charge < -0.3 is 0 Å². The fourth-order valence-electron chi connectivity index (χ4n) is 2.70. The second-order valence-electron chi connectivity index (χ2n) is 4.83. The van der Waals surface area contributed by atoms with E-state index in [1.54, 1.807) is 0 Å². The number of rotatable bonds is 3. The van der Waals surface area contributed by atoms with Gasteiger partial charge in [0.2, 0.25) is 0 Å². The maximum absolute atomic E-state index is 8.94. The van der Waals surface area contributed by atoms with Crippen LogP contribution in [0.15, 0.2) is 12.4 Å². The van der Waals surface area contributed by atoms with Gasteiger partial charge in [0.15, 0.2) is 0 Å². The predicted octanol–water partition coefficient (Wildman–Crippen LogP) is 3.23. The number of hydrogen-bond donors (Lipinski definition) is 0. The van der Waals surface area contributed by atoms with E-state index in [-0.39, 0.29) is 0 Å². The maximum Gasteiger partial charge on any atom is 0.0677 e. The van der Waals surface area contributed by atoms with Crippen LogP contribution in [-0.4, -0.2) is 9.78 Å². The molecule has 1 saturated carbocycles. The summed E-state index contributed by atoms with van der Waals surface area (Å²) in [6.07, 6.45) is 11.0. The molecular formula is C13H19N3. The van der Waals surface area contributed by atoms with Crippen LogP contribution in [0.25, 0.3) is 0 Å². The molecule has 0 bridgehead atoms. The summed E-state index contributed by atoms with van der Waals surface area (Å²) in [4.78, 5) is 0.